The molecule has 1 aromatic rings. The van der Waals surface area contributed by atoms with Crippen LogP contribution >= 0.6 is 0 Å². The zero-order chi connectivity index (χ0) is 14.1. The predicted octanol–water partition coefficient (Wildman–Crippen LogP) is 0.195. The van der Waals surface area contributed by atoms with E-state index in [9.17, 15) is 4.79 Å². The van der Waals surface area contributed by atoms with Crippen molar-refractivity contribution in [3.05, 3.63) is 17.8 Å². The molecule has 1 heterocycles. The Morgan fingerprint density at radius 1 is 1.32 bits per heavy atom. The third-order valence-electron chi connectivity index (χ3n) is 2.28. The summed E-state index contributed by atoms with van der Waals surface area (Å²) in [4.78, 5) is 15.0. The lowest BCUT2D eigenvalue weighted by atomic mass is 10.2. The number of nitrogen functional groups attached to an aromatic ring is 1. The third-order valence-corrected chi connectivity index (χ3v) is 2.28. The standard InChI is InChI=1S/C12H19N3O4/c1-17-3-2-4-18-5-6-19-10-8-15-11(13)7-9(10)12(14)16/h7-8H,2-6H2,1H3,(H2,13,15)(H2,14,16). The smallest absolute Gasteiger partial charge is 0.252 e. The maximum atomic E-state index is 11.2. The minimum Gasteiger partial charge on any atom is -0.489 e. The summed E-state index contributed by atoms with van der Waals surface area (Å²) < 4.78 is 15.6. The molecule has 19 heavy (non-hydrogen) atoms. The first kappa shape index (κ1) is 15.2. The number of aromatic nitrogens is 1. The Morgan fingerprint density at radius 2 is 2.11 bits per heavy atom. The zero-order valence-electron chi connectivity index (χ0n) is 10.9. The van der Waals surface area contributed by atoms with Gasteiger partial charge in [0.2, 0.25) is 0 Å². The highest BCUT2D eigenvalue weighted by Gasteiger charge is 2.10. The number of rotatable bonds is 9. The number of nitrogens with zero attached hydrogens (tertiary/aromatic N) is 1. The third kappa shape index (κ3) is 5.54. The van der Waals surface area contributed by atoms with E-state index in [2.05, 4.69) is 4.98 Å². The fourth-order valence-electron chi connectivity index (χ4n) is 1.38. The number of pyridine rings is 1. The molecule has 0 radical (unpaired) electrons. The second-order valence-corrected chi connectivity index (χ2v) is 3.78. The van der Waals surface area contributed by atoms with E-state index < -0.39 is 5.91 Å². The molecule has 0 aromatic carbocycles. The van der Waals surface area contributed by atoms with Crippen molar-refractivity contribution in [1.82, 2.24) is 4.98 Å². The highest BCUT2D eigenvalue weighted by atomic mass is 16.5. The normalized spacial score (nSPS) is 10.4. The van der Waals surface area contributed by atoms with Gasteiger partial charge in [-0.05, 0) is 12.5 Å². The molecule has 1 aromatic heterocycles. The SMILES string of the molecule is COCCCOCCOc1cnc(N)cc1C(N)=O. The van der Waals surface area contributed by atoms with Crippen LogP contribution in [0.1, 0.15) is 16.8 Å². The summed E-state index contributed by atoms with van der Waals surface area (Å²) in [5.41, 5.74) is 10.9. The van der Waals surface area contributed by atoms with Gasteiger partial charge in [0.05, 0.1) is 18.4 Å². The van der Waals surface area contributed by atoms with E-state index in [0.717, 1.165) is 6.42 Å². The van der Waals surface area contributed by atoms with Crippen LogP contribution in [0.3, 0.4) is 0 Å². The van der Waals surface area contributed by atoms with Gasteiger partial charge in [-0.25, -0.2) is 4.98 Å². The van der Waals surface area contributed by atoms with E-state index in [-0.39, 0.29) is 11.4 Å². The molecule has 7 heteroatoms. The Hall–Kier alpha value is -1.86. The van der Waals surface area contributed by atoms with Crippen molar-refractivity contribution in [1.29, 1.82) is 0 Å². The summed E-state index contributed by atoms with van der Waals surface area (Å²) in [6, 6.07) is 1.39. The van der Waals surface area contributed by atoms with Crippen LogP contribution in [0.4, 0.5) is 5.82 Å². The van der Waals surface area contributed by atoms with Gasteiger partial charge in [-0.1, -0.05) is 0 Å². The van der Waals surface area contributed by atoms with E-state index in [0.29, 0.717) is 32.2 Å². The largest absolute Gasteiger partial charge is 0.489 e. The van der Waals surface area contributed by atoms with Crippen LogP contribution in [0.5, 0.6) is 5.75 Å². The Balaban J connectivity index is 2.35. The molecule has 1 rings (SSSR count). The molecular weight excluding hydrogens is 250 g/mol. The van der Waals surface area contributed by atoms with E-state index in [4.69, 9.17) is 25.7 Å². The molecule has 4 N–H and O–H groups in total. The fourth-order valence-corrected chi connectivity index (χ4v) is 1.38. The molecule has 0 aliphatic rings. The second kappa shape index (κ2) is 8.28. The number of ether oxygens (including phenoxy) is 3. The molecule has 1 amide bonds. The number of anilines is 1. The minimum absolute atomic E-state index is 0.215. The van der Waals surface area contributed by atoms with Crippen LogP contribution in [-0.2, 0) is 9.47 Å². The Kier molecular flexibility index (Phi) is 6.62. The van der Waals surface area contributed by atoms with Gasteiger partial charge in [0.15, 0.2) is 5.75 Å². The van der Waals surface area contributed by atoms with Crippen LogP contribution in [0, 0.1) is 0 Å². The monoisotopic (exact) mass is 269 g/mol. The Bertz CT molecular complexity index is 412. The van der Waals surface area contributed by atoms with Gasteiger partial charge in [-0.3, -0.25) is 4.79 Å². The predicted molar refractivity (Wildman–Crippen MR) is 70.0 cm³/mol. The molecule has 0 unspecified atom stereocenters. The quantitative estimate of drug-likeness (QED) is 0.619. The molecule has 0 fully saturated rings. The van der Waals surface area contributed by atoms with Crippen LogP contribution in [0.15, 0.2) is 12.3 Å². The van der Waals surface area contributed by atoms with Gasteiger partial charge < -0.3 is 25.7 Å². The molecule has 0 saturated carbocycles. The molecule has 0 aliphatic carbocycles. The highest BCUT2D eigenvalue weighted by molar-refractivity contribution is 5.96. The van der Waals surface area contributed by atoms with Gasteiger partial charge in [0.1, 0.15) is 12.4 Å². The molecule has 0 spiro atoms. The van der Waals surface area contributed by atoms with Crippen LogP contribution in [0.2, 0.25) is 0 Å². The lowest BCUT2D eigenvalue weighted by Crippen LogP contribution is -2.16. The first-order valence-electron chi connectivity index (χ1n) is 5.90. The van der Waals surface area contributed by atoms with E-state index in [1.54, 1.807) is 7.11 Å². The summed E-state index contributed by atoms with van der Waals surface area (Å²) >= 11 is 0. The van der Waals surface area contributed by atoms with Crippen molar-refractivity contribution in [2.75, 3.05) is 39.3 Å². The molecule has 0 saturated heterocycles. The number of methoxy groups -OCH3 is 1. The van der Waals surface area contributed by atoms with Crippen LogP contribution in [-0.4, -0.2) is 44.4 Å². The first-order valence-corrected chi connectivity index (χ1v) is 5.90. The number of nitrogens with two attached hydrogens (primary N) is 2. The molecule has 7 nitrogen and oxygen atoms in total. The number of amides is 1. The second-order valence-electron chi connectivity index (χ2n) is 3.78. The molecule has 0 atom stereocenters. The van der Waals surface area contributed by atoms with Crippen LogP contribution < -0.4 is 16.2 Å². The zero-order valence-corrected chi connectivity index (χ0v) is 10.9. The number of hydrogen-bond acceptors (Lipinski definition) is 6. The molecule has 0 bridgehead atoms. The number of carbonyl (C=O) groups is 1. The fraction of sp³-hybridized carbons (Fsp3) is 0.500. The molecule has 0 aliphatic heterocycles. The lowest BCUT2D eigenvalue weighted by molar-refractivity contribution is 0.0797. The average molecular weight is 269 g/mol. The van der Waals surface area contributed by atoms with Crippen LogP contribution in [0.25, 0.3) is 0 Å². The minimum atomic E-state index is -0.606. The summed E-state index contributed by atoms with van der Waals surface area (Å²) in [7, 11) is 1.64. The highest BCUT2D eigenvalue weighted by Crippen LogP contribution is 2.18. The van der Waals surface area contributed by atoms with Gasteiger partial charge in [-0.15, -0.1) is 0 Å². The molecule has 106 valence electrons. The number of hydrogen-bond donors (Lipinski definition) is 2. The first-order chi connectivity index (χ1) is 9.15. The van der Waals surface area contributed by atoms with E-state index in [1.807, 2.05) is 0 Å². The van der Waals surface area contributed by atoms with Crippen molar-refractivity contribution in [3.8, 4) is 5.75 Å². The Morgan fingerprint density at radius 3 is 2.79 bits per heavy atom. The maximum Gasteiger partial charge on any atom is 0.252 e. The topological polar surface area (TPSA) is 110 Å². The van der Waals surface area contributed by atoms with Gasteiger partial charge in [-0.2, -0.15) is 0 Å². The Labute approximate surface area is 111 Å². The summed E-state index contributed by atoms with van der Waals surface area (Å²) in [6.45, 7) is 1.97. The lowest BCUT2D eigenvalue weighted by Gasteiger charge is -2.10. The number of primary amides is 1. The maximum absolute atomic E-state index is 11.2. The summed E-state index contributed by atoms with van der Waals surface area (Å²) in [5, 5.41) is 0. The van der Waals surface area contributed by atoms with Crippen molar-refractivity contribution >= 4 is 11.7 Å². The van der Waals surface area contributed by atoms with Gasteiger partial charge in [0.25, 0.3) is 5.91 Å². The van der Waals surface area contributed by atoms with Gasteiger partial charge in [0, 0.05) is 20.3 Å². The van der Waals surface area contributed by atoms with E-state index in [1.165, 1.54) is 12.3 Å². The van der Waals surface area contributed by atoms with Crippen molar-refractivity contribution in [3.63, 3.8) is 0 Å². The van der Waals surface area contributed by atoms with Crippen molar-refractivity contribution in [2.45, 2.75) is 6.42 Å². The summed E-state index contributed by atoms with van der Waals surface area (Å²) in [5.74, 6) is -0.0794. The summed E-state index contributed by atoms with van der Waals surface area (Å²) in [6.07, 6.45) is 2.20. The van der Waals surface area contributed by atoms with Crippen molar-refractivity contribution < 1.29 is 19.0 Å². The molecular formula is C12H19N3O4. The number of carbonyl (C=O) groups excluding carboxylic acids is 1. The average Bonchev–Trinajstić information content (AvgIpc) is 2.39. The van der Waals surface area contributed by atoms with E-state index >= 15 is 0 Å². The van der Waals surface area contributed by atoms with Gasteiger partial charge >= 0.3 is 0 Å². The van der Waals surface area contributed by atoms with Crippen molar-refractivity contribution in [2.24, 2.45) is 5.73 Å².